The van der Waals surface area contributed by atoms with E-state index in [1.165, 1.54) is 0 Å². The Bertz CT molecular complexity index is 644. The Morgan fingerprint density at radius 3 is 2.33 bits per heavy atom. The highest BCUT2D eigenvalue weighted by molar-refractivity contribution is 5.85. The largest absolute Gasteiger partial charge is 0.493 e. The number of benzene rings is 2. The molecule has 0 amide bonds. The maximum absolute atomic E-state index is 10.2. The zero-order chi connectivity index (χ0) is 18.1. The van der Waals surface area contributed by atoms with Gasteiger partial charge in [-0.2, -0.15) is 0 Å². The van der Waals surface area contributed by atoms with E-state index >= 15 is 0 Å². The molecule has 0 unspecified atom stereocenters. The number of nitrogens with one attached hydrogen (secondary N) is 1. The predicted octanol–water partition coefficient (Wildman–Crippen LogP) is 2.61. The third-order valence-electron chi connectivity index (χ3n) is 4.22. The molecule has 0 heterocycles. The lowest BCUT2D eigenvalue weighted by Crippen LogP contribution is -2.43. The molecular formula is C20H30Cl2N2O3. The Balaban J connectivity index is 0.00000338. The van der Waals surface area contributed by atoms with Gasteiger partial charge in [0.15, 0.2) is 11.5 Å². The van der Waals surface area contributed by atoms with Crippen LogP contribution < -0.4 is 20.5 Å². The molecule has 0 aromatic heterocycles. The average molecular weight is 417 g/mol. The van der Waals surface area contributed by atoms with Gasteiger partial charge in [-0.15, -0.1) is 24.8 Å². The second-order valence-electron chi connectivity index (χ2n) is 6.03. The molecule has 0 fully saturated rings. The number of para-hydroxylation sites is 1. The fourth-order valence-electron chi connectivity index (χ4n) is 2.80. The van der Waals surface area contributed by atoms with Gasteiger partial charge in [0.25, 0.3) is 0 Å². The van der Waals surface area contributed by atoms with Crippen LogP contribution in [-0.2, 0) is 12.8 Å². The lowest BCUT2D eigenvalue weighted by Gasteiger charge is -2.19. The molecular weight excluding hydrogens is 387 g/mol. The highest BCUT2D eigenvalue weighted by atomic mass is 35.5. The van der Waals surface area contributed by atoms with Crippen LogP contribution in [-0.4, -0.2) is 44.6 Å². The van der Waals surface area contributed by atoms with Crippen LogP contribution in [0.5, 0.6) is 11.5 Å². The van der Waals surface area contributed by atoms with Crippen LogP contribution in [0.1, 0.15) is 11.1 Å². The number of nitrogens with two attached hydrogens (primary N) is 1. The maximum Gasteiger partial charge on any atom is 0.163 e. The van der Waals surface area contributed by atoms with Crippen LogP contribution in [0.15, 0.2) is 48.5 Å². The first-order chi connectivity index (χ1) is 12.2. The third-order valence-corrected chi connectivity index (χ3v) is 4.22. The van der Waals surface area contributed by atoms with Gasteiger partial charge in [0, 0.05) is 12.6 Å². The Labute approximate surface area is 174 Å². The highest BCUT2D eigenvalue weighted by Crippen LogP contribution is 2.30. The summed E-state index contributed by atoms with van der Waals surface area (Å²) in [5.74, 6) is 1.48. The second kappa shape index (κ2) is 13.6. The van der Waals surface area contributed by atoms with Crippen molar-refractivity contribution in [3.63, 3.8) is 0 Å². The van der Waals surface area contributed by atoms with E-state index in [4.69, 9.17) is 15.2 Å². The second-order valence-corrected chi connectivity index (χ2v) is 6.03. The topological polar surface area (TPSA) is 76.7 Å². The minimum Gasteiger partial charge on any atom is -0.493 e. The first-order valence-corrected chi connectivity index (χ1v) is 8.54. The fourth-order valence-corrected chi connectivity index (χ4v) is 2.80. The lowest BCUT2D eigenvalue weighted by molar-refractivity contribution is 0.142. The molecule has 0 spiro atoms. The number of rotatable bonds is 10. The summed E-state index contributed by atoms with van der Waals surface area (Å²) in [6.07, 6.45) is 0.849. The summed E-state index contributed by atoms with van der Waals surface area (Å²) in [6, 6.07) is 15.5. The predicted molar refractivity (Wildman–Crippen MR) is 115 cm³/mol. The van der Waals surface area contributed by atoms with Gasteiger partial charge >= 0.3 is 0 Å². The van der Waals surface area contributed by atoms with Gasteiger partial charge in [-0.05, 0) is 36.6 Å². The number of hydrogen-bond donors (Lipinski definition) is 3. The van der Waals surface area contributed by atoms with Crippen LogP contribution >= 0.6 is 24.8 Å². The maximum atomic E-state index is 10.2. The Kier molecular flexibility index (Phi) is 12.9. The number of aliphatic hydroxyl groups is 1. The lowest BCUT2D eigenvalue weighted by atomic mass is 10.0. The zero-order valence-corrected chi connectivity index (χ0v) is 17.4. The molecule has 4 N–H and O–H groups in total. The van der Waals surface area contributed by atoms with Gasteiger partial charge in [0.1, 0.15) is 0 Å². The summed E-state index contributed by atoms with van der Waals surface area (Å²) in [5, 5.41) is 13.5. The third kappa shape index (κ3) is 7.95. The van der Waals surface area contributed by atoms with Crippen LogP contribution in [0.4, 0.5) is 0 Å². The standard InChI is InChI=1S/C20H28N2O3.2ClH/c1-24-19-10-6-9-16(20(19)25-2)11-12-22-14-18(23)17(21)13-15-7-4-3-5-8-15;;/h3-10,17-18,22-23H,11-14,21H2,1-2H3;2*1H/t17-,18+;;/m0../s1. The van der Waals surface area contributed by atoms with Gasteiger partial charge in [-0.3, -0.25) is 0 Å². The Hall–Kier alpha value is -1.50. The number of hydrogen-bond acceptors (Lipinski definition) is 5. The Morgan fingerprint density at radius 1 is 1.00 bits per heavy atom. The molecule has 2 aromatic rings. The molecule has 152 valence electrons. The van der Waals surface area contributed by atoms with Crippen LogP contribution in [0.25, 0.3) is 0 Å². The molecule has 0 aliphatic heterocycles. The van der Waals surface area contributed by atoms with Gasteiger partial charge < -0.3 is 25.6 Å². The van der Waals surface area contributed by atoms with Crippen molar-refractivity contribution in [3.05, 3.63) is 59.7 Å². The molecule has 27 heavy (non-hydrogen) atoms. The van der Waals surface area contributed by atoms with Crippen molar-refractivity contribution in [3.8, 4) is 11.5 Å². The van der Waals surface area contributed by atoms with Crippen molar-refractivity contribution in [2.45, 2.75) is 25.0 Å². The van der Waals surface area contributed by atoms with Gasteiger partial charge in [0.2, 0.25) is 0 Å². The SMILES string of the molecule is COc1cccc(CCNC[C@@H](O)[C@@H](N)Cc2ccccc2)c1OC.Cl.Cl. The van der Waals surface area contributed by atoms with E-state index in [1.54, 1.807) is 14.2 Å². The van der Waals surface area contributed by atoms with Gasteiger partial charge in [0.05, 0.1) is 20.3 Å². The number of methoxy groups -OCH3 is 2. The fraction of sp³-hybridized carbons (Fsp3) is 0.400. The molecule has 0 saturated heterocycles. The van der Waals surface area contributed by atoms with Crippen molar-refractivity contribution in [1.29, 1.82) is 0 Å². The van der Waals surface area contributed by atoms with Crippen molar-refractivity contribution in [1.82, 2.24) is 5.32 Å². The van der Waals surface area contributed by atoms with Crippen molar-refractivity contribution in [2.75, 3.05) is 27.3 Å². The van der Waals surface area contributed by atoms with E-state index in [0.29, 0.717) is 13.0 Å². The quantitative estimate of drug-likeness (QED) is 0.518. The van der Waals surface area contributed by atoms with E-state index < -0.39 is 6.10 Å². The van der Waals surface area contributed by atoms with Crippen molar-refractivity contribution < 1.29 is 14.6 Å². The summed E-state index contributed by atoms with van der Waals surface area (Å²) in [7, 11) is 3.27. The first-order valence-electron chi connectivity index (χ1n) is 8.54. The molecule has 2 aromatic carbocycles. The van der Waals surface area contributed by atoms with Crippen LogP contribution in [0.3, 0.4) is 0 Å². The summed E-state index contributed by atoms with van der Waals surface area (Å²) in [4.78, 5) is 0. The minimum atomic E-state index is -0.590. The monoisotopic (exact) mass is 416 g/mol. The van der Waals surface area contributed by atoms with Gasteiger partial charge in [-0.25, -0.2) is 0 Å². The molecule has 5 nitrogen and oxygen atoms in total. The van der Waals surface area contributed by atoms with E-state index in [1.807, 2.05) is 48.5 Å². The van der Waals surface area contributed by atoms with Crippen molar-refractivity contribution in [2.24, 2.45) is 5.73 Å². The normalized spacial score (nSPS) is 12.3. The highest BCUT2D eigenvalue weighted by Gasteiger charge is 2.15. The van der Waals surface area contributed by atoms with E-state index in [0.717, 1.165) is 35.6 Å². The Morgan fingerprint density at radius 2 is 1.70 bits per heavy atom. The van der Waals surface area contributed by atoms with Crippen molar-refractivity contribution >= 4 is 24.8 Å². The summed E-state index contributed by atoms with van der Waals surface area (Å²) in [5.41, 5.74) is 8.30. The zero-order valence-electron chi connectivity index (χ0n) is 15.8. The first kappa shape index (κ1) is 25.5. The smallest absolute Gasteiger partial charge is 0.163 e. The molecule has 2 rings (SSSR count). The van der Waals surface area contributed by atoms with E-state index in [9.17, 15) is 5.11 Å². The molecule has 0 aliphatic carbocycles. The average Bonchev–Trinajstić information content (AvgIpc) is 2.65. The molecule has 7 heteroatoms. The van der Waals surface area contributed by atoms with E-state index in [-0.39, 0.29) is 30.9 Å². The number of aliphatic hydroxyl groups excluding tert-OH is 1. The summed E-state index contributed by atoms with van der Waals surface area (Å²) < 4.78 is 10.7. The number of ether oxygens (including phenoxy) is 2. The molecule has 0 saturated carbocycles. The molecule has 0 aliphatic rings. The molecule has 0 radical (unpaired) electrons. The van der Waals surface area contributed by atoms with Crippen LogP contribution in [0, 0.1) is 0 Å². The molecule has 0 bridgehead atoms. The van der Waals surface area contributed by atoms with E-state index in [2.05, 4.69) is 5.32 Å². The molecule has 2 atom stereocenters. The number of halogens is 2. The van der Waals surface area contributed by atoms with Crippen LogP contribution in [0.2, 0.25) is 0 Å². The van der Waals surface area contributed by atoms with Gasteiger partial charge in [-0.1, -0.05) is 42.5 Å². The summed E-state index contributed by atoms with van der Waals surface area (Å²) in [6.45, 7) is 1.18. The minimum absolute atomic E-state index is 0. The summed E-state index contributed by atoms with van der Waals surface area (Å²) >= 11 is 0.